The zero-order valence-corrected chi connectivity index (χ0v) is 16.9. The van der Waals surface area contributed by atoms with Gasteiger partial charge in [0.2, 0.25) is 0 Å². The van der Waals surface area contributed by atoms with Crippen LogP contribution >= 0.6 is 0 Å². The summed E-state index contributed by atoms with van der Waals surface area (Å²) in [7, 11) is 5.04. The smallest absolute Gasteiger partial charge is 0.414 e. The summed E-state index contributed by atoms with van der Waals surface area (Å²) in [5, 5.41) is 2.44. The van der Waals surface area contributed by atoms with Crippen LogP contribution in [0.5, 0.6) is 0 Å². The Morgan fingerprint density at radius 2 is 2.11 bits per heavy atom. The predicted octanol–water partition coefficient (Wildman–Crippen LogP) is 3.42. The maximum Gasteiger partial charge on any atom is 0.414 e. The average Bonchev–Trinajstić information content (AvgIpc) is 3.01. The Hall–Kier alpha value is -2.18. The molecule has 1 rings (SSSR count). The van der Waals surface area contributed by atoms with E-state index in [0.717, 1.165) is 31.6 Å². The number of carbonyl (C=O) groups excluding carboxylic acids is 2. The number of rotatable bonds is 12. The molecular weight excluding hydrogens is 341 g/mol. The summed E-state index contributed by atoms with van der Waals surface area (Å²) in [5.41, 5.74) is 1.43. The van der Waals surface area contributed by atoms with Crippen molar-refractivity contribution < 1.29 is 14.3 Å². The molecule has 2 amide bonds. The molecule has 0 aromatic rings. The van der Waals surface area contributed by atoms with Gasteiger partial charge in [-0.3, -0.25) is 9.69 Å². The Morgan fingerprint density at radius 3 is 2.70 bits per heavy atom. The monoisotopic (exact) mass is 373 g/mol. The Morgan fingerprint density at radius 1 is 1.41 bits per heavy atom. The van der Waals surface area contributed by atoms with Gasteiger partial charge < -0.3 is 15.0 Å². The summed E-state index contributed by atoms with van der Waals surface area (Å²) in [5.74, 6) is 0.0364. The largest absolute Gasteiger partial charge is 0.442 e. The number of amides is 2. The summed E-state index contributed by atoms with van der Waals surface area (Å²) in [6.07, 6.45) is 6.08. The third-order valence-electron chi connectivity index (χ3n) is 4.68. The molecule has 148 valence electrons. The highest BCUT2D eigenvalue weighted by atomic mass is 16.6. The molecule has 7 heteroatoms. The molecule has 1 N–H and O–H groups in total. The van der Waals surface area contributed by atoms with Crippen LogP contribution in [0.25, 0.3) is 0 Å². The second-order valence-corrected chi connectivity index (χ2v) is 6.97. The fraction of sp³-hybridized carbons (Fsp3) is 0.600. The van der Waals surface area contributed by atoms with Crippen LogP contribution in [0.15, 0.2) is 36.7 Å². The normalized spacial score (nSPS) is 17.7. The van der Waals surface area contributed by atoms with E-state index in [0.29, 0.717) is 18.2 Å². The quantitative estimate of drug-likeness (QED) is 0.421. The van der Waals surface area contributed by atoms with Gasteiger partial charge in [0.1, 0.15) is 6.10 Å². The van der Waals surface area contributed by atoms with Gasteiger partial charge in [-0.2, -0.15) is 0 Å². The van der Waals surface area contributed by atoms with E-state index in [4.69, 9.17) is 12.6 Å². The van der Waals surface area contributed by atoms with Gasteiger partial charge >= 0.3 is 6.09 Å². The zero-order valence-electron chi connectivity index (χ0n) is 16.9. The van der Waals surface area contributed by atoms with E-state index in [1.54, 1.807) is 6.08 Å². The SMILES string of the molecule is [B]C(=O)NCC1CN(C(=C)/C=C\C(=C)N(CCC)CCC(C)CC)C(=O)O1. The van der Waals surface area contributed by atoms with Gasteiger partial charge in [0, 0.05) is 24.5 Å². The van der Waals surface area contributed by atoms with Gasteiger partial charge in [-0.1, -0.05) is 40.3 Å². The lowest BCUT2D eigenvalue weighted by atomic mass is 10.0. The average molecular weight is 373 g/mol. The first-order valence-electron chi connectivity index (χ1n) is 9.60. The first kappa shape index (κ1) is 22.9. The molecule has 0 aliphatic carbocycles. The molecule has 0 aromatic carbocycles. The van der Waals surface area contributed by atoms with Crippen molar-refractivity contribution in [1.82, 2.24) is 15.1 Å². The molecule has 2 radical (unpaired) electrons. The number of allylic oxidation sites excluding steroid dienone is 2. The van der Waals surface area contributed by atoms with Crippen molar-refractivity contribution >= 4 is 19.7 Å². The van der Waals surface area contributed by atoms with Crippen LogP contribution in [-0.4, -0.2) is 61.8 Å². The molecule has 6 nitrogen and oxygen atoms in total. The van der Waals surface area contributed by atoms with Crippen LogP contribution in [0.4, 0.5) is 9.59 Å². The van der Waals surface area contributed by atoms with Crippen molar-refractivity contribution in [2.24, 2.45) is 5.92 Å². The number of nitrogens with one attached hydrogen (secondary N) is 1. The third kappa shape index (κ3) is 7.93. The molecule has 0 bridgehead atoms. The standard InChI is InChI=1S/C20H32BN3O3/c1-6-11-23(12-10-15(3)7-2)16(4)8-9-17(5)24-14-18(27-20(24)26)13-22-19(21)25/h8-9,15,18H,4-7,10-14H2,1-3H3,(H,22,25)/b9-8-. The minimum atomic E-state index is -0.645. The van der Waals surface area contributed by atoms with E-state index in [1.807, 2.05) is 6.08 Å². The second kappa shape index (κ2) is 11.5. The van der Waals surface area contributed by atoms with Gasteiger partial charge in [0.25, 0.3) is 0 Å². The molecule has 2 unspecified atom stereocenters. The third-order valence-corrected chi connectivity index (χ3v) is 4.68. The van der Waals surface area contributed by atoms with Crippen LogP contribution in [0.3, 0.4) is 0 Å². The van der Waals surface area contributed by atoms with Crippen molar-refractivity contribution in [2.45, 2.75) is 46.1 Å². The van der Waals surface area contributed by atoms with Crippen molar-refractivity contribution in [3.8, 4) is 0 Å². The fourth-order valence-electron chi connectivity index (χ4n) is 2.71. The summed E-state index contributed by atoms with van der Waals surface area (Å²) in [4.78, 5) is 26.5. The molecule has 1 aliphatic heterocycles. The Balaban J connectivity index is 2.59. The lowest BCUT2D eigenvalue weighted by Crippen LogP contribution is -2.33. The van der Waals surface area contributed by atoms with E-state index < -0.39 is 18.0 Å². The van der Waals surface area contributed by atoms with Gasteiger partial charge in [-0.25, -0.2) is 4.79 Å². The molecule has 1 saturated heterocycles. The molecule has 27 heavy (non-hydrogen) atoms. The first-order chi connectivity index (χ1) is 12.8. The zero-order chi connectivity index (χ0) is 20.4. The number of cyclic esters (lactones) is 1. The van der Waals surface area contributed by atoms with Crippen molar-refractivity contribution in [2.75, 3.05) is 26.2 Å². The maximum atomic E-state index is 12.0. The van der Waals surface area contributed by atoms with Crippen LogP contribution in [0.1, 0.15) is 40.0 Å². The maximum absolute atomic E-state index is 12.0. The Kier molecular flexibility index (Phi) is 9.76. The summed E-state index contributed by atoms with van der Waals surface area (Å²) in [6.45, 7) is 17.1. The number of hydrogen-bond donors (Lipinski definition) is 1. The highest BCUT2D eigenvalue weighted by Crippen LogP contribution is 2.18. The van der Waals surface area contributed by atoms with Crippen LogP contribution in [0, 0.1) is 5.92 Å². The molecule has 2 atom stereocenters. The predicted molar refractivity (Wildman–Crippen MR) is 109 cm³/mol. The van der Waals surface area contributed by atoms with Crippen molar-refractivity contribution in [3.05, 3.63) is 36.7 Å². The van der Waals surface area contributed by atoms with E-state index in [-0.39, 0.29) is 6.54 Å². The first-order valence-corrected chi connectivity index (χ1v) is 9.60. The fourth-order valence-corrected chi connectivity index (χ4v) is 2.71. The number of ether oxygens (including phenoxy) is 1. The summed E-state index contributed by atoms with van der Waals surface area (Å²) < 4.78 is 5.20. The second-order valence-electron chi connectivity index (χ2n) is 6.97. The van der Waals surface area contributed by atoms with E-state index in [1.165, 1.54) is 11.3 Å². The molecule has 1 heterocycles. The molecule has 1 aliphatic rings. The van der Waals surface area contributed by atoms with Crippen LogP contribution in [0.2, 0.25) is 0 Å². The lowest BCUT2D eigenvalue weighted by Gasteiger charge is -2.26. The highest BCUT2D eigenvalue weighted by molar-refractivity contribution is 6.57. The van der Waals surface area contributed by atoms with E-state index in [2.05, 4.69) is 44.1 Å². The van der Waals surface area contributed by atoms with Crippen LogP contribution < -0.4 is 5.32 Å². The van der Waals surface area contributed by atoms with Crippen molar-refractivity contribution in [3.63, 3.8) is 0 Å². The highest BCUT2D eigenvalue weighted by Gasteiger charge is 2.32. The van der Waals surface area contributed by atoms with Crippen molar-refractivity contribution in [1.29, 1.82) is 0 Å². The minimum absolute atomic E-state index is 0.182. The van der Waals surface area contributed by atoms with Gasteiger partial charge in [-0.05, 0) is 30.9 Å². The van der Waals surface area contributed by atoms with E-state index >= 15 is 0 Å². The number of carbonyl (C=O) groups is 2. The number of nitrogens with zero attached hydrogens (tertiary/aromatic N) is 2. The van der Waals surface area contributed by atoms with Gasteiger partial charge in [0.05, 0.1) is 13.1 Å². The van der Waals surface area contributed by atoms with Gasteiger partial charge in [-0.15, -0.1) is 0 Å². The lowest BCUT2D eigenvalue weighted by molar-refractivity contribution is 0.135. The molecule has 1 fully saturated rings. The molecule has 0 aromatic heterocycles. The van der Waals surface area contributed by atoms with Crippen LogP contribution in [-0.2, 0) is 4.74 Å². The van der Waals surface area contributed by atoms with E-state index in [9.17, 15) is 9.59 Å². The summed E-state index contributed by atoms with van der Waals surface area (Å²) in [6, 6.07) is 0. The molecule has 0 spiro atoms. The molecule has 0 saturated carbocycles. The molecular formula is C20H32BN3O3. The summed E-state index contributed by atoms with van der Waals surface area (Å²) >= 11 is 0. The Bertz CT molecular complexity index is 577. The topological polar surface area (TPSA) is 61.9 Å². The Labute approximate surface area is 164 Å². The van der Waals surface area contributed by atoms with Gasteiger partial charge in [0.15, 0.2) is 13.7 Å². The minimum Gasteiger partial charge on any atom is -0.442 e. The number of hydrogen-bond acceptors (Lipinski definition) is 4.